The molecule has 7 heteroatoms. The molecular formula is C18H24N4O3. The smallest absolute Gasteiger partial charge is 0.410 e. The standard InChI is InChI=1S/C18H24N4O3/c1-18(2,3)25-17(24)22-10-6-9-21(11-12-22)16-19-14-8-5-4-7-13(14)15(23)20-16/h4-5,7-8H,6,9-12H2,1-3H3,(H,19,20,23). The van der Waals surface area contributed by atoms with Gasteiger partial charge < -0.3 is 14.5 Å². The van der Waals surface area contributed by atoms with Crippen molar-refractivity contribution in [2.45, 2.75) is 32.8 Å². The van der Waals surface area contributed by atoms with Gasteiger partial charge in [-0.25, -0.2) is 9.78 Å². The summed E-state index contributed by atoms with van der Waals surface area (Å²) in [4.78, 5) is 35.6. The first-order valence-corrected chi connectivity index (χ1v) is 8.55. The molecule has 7 nitrogen and oxygen atoms in total. The summed E-state index contributed by atoms with van der Waals surface area (Å²) in [5.74, 6) is 0.551. The molecule has 1 aliphatic rings. The van der Waals surface area contributed by atoms with Crippen LogP contribution in [0.2, 0.25) is 0 Å². The van der Waals surface area contributed by atoms with Crippen LogP contribution in [0, 0.1) is 0 Å². The number of aromatic amines is 1. The zero-order valence-corrected chi connectivity index (χ0v) is 14.9. The number of carbonyl (C=O) groups excluding carboxylic acids is 1. The largest absolute Gasteiger partial charge is 0.444 e. The molecule has 25 heavy (non-hydrogen) atoms. The van der Waals surface area contributed by atoms with Crippen LogP contribution >= 0.6 is 0 Å². The number of aromatic nitrogens is 2. The van der Waals surface area contributed by atoms with E-state index in [9.17, 15) is 9.59 Å². The van der Waals surface area contributed by atoms with Crippen molar-refractivity contribution in [3.63, 3.8) is 0 Å². The van der Waals surface area contributed by atoms with Crippen molar-refractivity contribution in [1.29, 1.82) is 0 Å². The van der Waals surface area contributed by atoms with E-state index >= 15 is 0 Å². The fourth-order valence-corrected chi connectivity index (χ4v) is 2.86. The van der Waals surface area contributed by atoms with Gasteiger partial charge in [0, 0.05) is 26.2 Å². The molecule has 1 saturated heterocycles. The highest BCUT2D eigenvalue weighted by Gasteiger charge is 2.25. The third kappa shape index (κ3) is 4.10. The lowest BCUT2D eigenvalue weighted by atomic mass is 10.2. The molecule has 1 aromatic carbocycles. The van der Waals surface area contributed by atoms with E-state index < -0.39 is 5.60 Å². The molecule has 0 atom stereocenters. The quantitative estimate of drug-likeness (QED) is 0.859. The Morgan fingerprint density at radius 1 is 1.16 bits per heavy atom. The van der Waals surface area contributed by atoms with Crippen molar-refractivity contribution in [3.8, 4) is 0 Å². The topological polar surface area (TPSA) is 78.5 Å². The highest BCUT2D eigenvalue weighted by atomic mass is 16.6. The summed E-state index contributed by atoms with van der Waals surface area (Å²) in [5, 5.41) is 0.580. The Hall–Kier alpha value is -2.57. The van der Waals surface area contributed by atoms with Crippen molar-refractivity contribution >= 4 is 22.9 Å². The maximum atomic E-state index is 12.3. The maximum Gasteiger partial charge on any atom is 0.410 e. The molecule has 1 amide bonds. The summed E-state index contributed by atoms with van der Waals surface area (Å²) >= 11 is 0. The molecule has 1 aromatic heterocycles. The molecule has 0 radical (unpaired) electrons. The number of nitrogens with one attached hydrogen (secondary N) is 1. The number of ether oxygens (including phenoxy) is 1. The van der Waals surface area contributed by atoms with Crippen LogP contribution in [-0.4, -0.2) is 52.7 Å². The van der Waals surface area contributed by atoms with Crippen LogP contribution < -0.4 is 10.5 Å². The van der Waals surface area contributed by atoms with Gasteiger partial charge in [-0.05, 0) is 39.3 Å². The second-order valence-electron chi connectivity index (χ2n) is 7.21. The normalized spacial score (nSPS) is 16.0. The average Bonchev–Trinajstić information content (AvgIpc) is 2.79. The van der Waals surface area contributed by atoms with Crippen LogP contribution in [0.4, 0.5) is 10.7 Å². The van der Waals surface area contributed by atoms with Gasteiger partial charge in [-0.2, -0.15) is 0 Å². The number of nitrogens with zero attached hydrogens (tertiary/aromatic N) is 3. The van der Waals surface area contributed by atoms with Gasteiger partial charge in [0.2, 0.25) is 5.95 Å². The minimum Gasteiger partial charge on any atom is -0.444 e. The van der Waals surface area contributed by atoms with Gasteiger partial charge in [0.15, 0.2) is 0 Å². The molecule has 1 N–H and O–H groups in total. The summed E-state index contributed by atoms with van der Waals surface area (Å²) in [6.07, 6.45) is 0.491. The number of para-hydroxylation sites is 1. The first-order valence-electron chi connectivity index (χ1n) is 8.55. The molecule has 1 fully saturated rings. The van der Waals surface area contributed by atoms with Crippen LogP contribution in [0.5, 0.6) is 0 Å². The van der Waals surface area contributed by atoms with E-state index in [1.807, 2.05) is 43.9 Å². The maximum absolute atomic E-state index is 12.3. The van der Waals surface area contributed by atoms with Gasteiger partial charge in [-0.15, -0.1) is 0 Å². The van der Waals surface area contributed by atoms with E-state index in [1.165, 1.54) is 0 Å². The fourth-order valence-electron chi connectivity index (χ4n) is 2.86. The number of benzene rings is 1. The van der Waals surface area contributed by atoms with Gasteiger partial charge in [0.05, 0.1) is 10.9 Å². The van der Waals surface area contributed by atoms with E-state index in [0.717, 1.165) is 13.0 Å². The Bertz CT molecular complexity index is 825. The summed E-state index contributed by atoms with van der Waals surface area (Å²) in [5.41, 5.74) is 0.0251. The summed E-state index contributed by atoms with van der Waals surface area (Å²) in [7, 11) is 0. The third-order valence-corrected chi connectivity index (χ3v) is 4.05. The number of hydrogen-bond donors (Lipinski definition) is 1. The lowest BCUT2D eigenvalue weighted by Gasteiger charge is -2.26. The van der Waals surface area contributed by atoms with Crippen LogP contribution in [0.1, 0.15) is 27.2 Å². The fraction of sp³-hybridized carbons (Fsp3) is 0.500. The number of fused-ring (bicyclic) bond motifs is 1. The second-order valence-corrected chi connectivity index (χ2v) is 7.21. The third-order valence-electron chi connectivity index (χ3n) is 4.05. The first-order chi connectivity index (χ1) is 11.8. The Kier molecular flexibility index (Phi) is 4.65. The van der Waals surface area contributed by atoms with Gasteiger partial charge in [0.1, 0.15) is 5.60 Å². The molecule has 1 aliphatic heterocycles. The molecule has 0 aliphatic carbocycles. The van der Waals surface area contributed by atoms with Crippen molar-refractivity contribution in [3.05, 3.63) is 34.6 Å². The molecule has 0 unspecified atom stereocenters. The zero-order chi connectivity index (χ0) is 18.0. The van der Waals surface area contributed by atoms with Crippen LogP contribution in [0.25, 0.3) is 10.9 Å². The Morgan fingerprint density at radius 2 is 1.92 bits per heavy atom. The van der Waals surface area contributed by atoms with Crippen LogP contribution in [0.3, 0.4) is 0 Å². The molecule has 2 aromatic rings. The van der Waals surface area contributed by atoms with Crippen molar-refractivity contribution < 1.29 is 9.53 Å². The first kappa shape index (κ1) is 17.3. The summed E-state index contributed by atoms with van der Waals surface area (Å²) in [6, 6.07) is 7.28. The van der Waals surface area contributed by atoms with Gasteiger partial charge in [-0.1, -0.05) is 12.1 Å². The van der Waals surface area contributed by atoms with E-state index in [4.69, 9.17) is 4.74 Å². The highest BCUT2D eigenvalue weighted by Crippen LogP contribution is 2.16. The Morgan fingerprint density at radius 3 is 2.68 bits per heavy atom. The van der Waals surface area contributed by atoms with Crippen LogP contribution in [-0.2, 0) is 4.74 Å². The highest BCUT2D eigenvalue weighted by molar-refractivity contribution is 5.78. The van der Waals surface area contributed by atoms with E-state index in [-0.39, 0.29) is 11.7 Å². The Balaban J connectivity index is 1.75. The van der Waals surface area contributed by atoms with Gasteiger partial charge >= 0.3 is 6.09 Å². The molecule has 0 saturated carbocycles. The van der Waals surface area contributed by atoms with E-state index in [2.05, 4.69) is 9.97 Å². The predicted octanol–water partition coefficient (Wildman–Crippen LogP) is 2.37. The van der Waals surface area contributed by atoms with E-state index in [1.54, 1.807) is 11.0 Å². The number of carbonyl (C=O) groups is 1. The minimum atomic E-state index is -0.506. The predicted molar refractivity (Wildman–Crippen MR) is 97.0 cm³/mol. The molecule has 0 bridgehead atoms. The molecule has 0 spiro atoms. The molecular weight excluding hydrogens is 320 g/mol. The lowest BCUT2D eigenvalue weighted by molar-refractivity contribution is 0.0263. The van der Waals surface area contributed by atoms with Crippen molar-refractivity contribution in [2.24, 2.45) is 0 Å². The summed E-state index contributed by atoms with van der Waals surface area (Å²) < 4.78 is 5.45. The average molecular weight is 344 g/mol. The van der Waals surface area contributed by atoms with Crippen LogP contribution in [0.15, 0.2) is 29.1 Å². The Labute approximate surface area is 146 Å². The number of amides is 1. The lowest BCUT2D eigenvalue weighted by Crippen LogP contribution is -2.39. The number of H-pyrrole nitrogens is 1. The van der Waals surface area contributed by atoms with Gasteiger partial charge in [0.25, 0.3) is 5.56 Å². The molecule has 3 rings (SSSR count). The van der Waals surface area contributed by atoms with E-state index in [0.29, 0.717) is 36.5 Å². The number of hydrogen-bond acceptors (Lipinski definition) is 5. The van der Waals surface area contributed by atoms with Crippen molar-refractivity contribution in [2.75, 3.05) is 31.1 Å². The summed E-state index contributed by atoms with van der Waals surface area (Å²) in [6.45, 7) is 8.06. The van der Waals surface area contributed by atoms with Crippen molar-refractivity contribution in [1.82, 2.24) is 14.9 Å². The zero-order valence-electron chi connectivity index (χ0n) is 14.9. The molecule has 134 valence electrons. The van der Waals surface area contributed by atoms with Gasteiger partial charge in [-0.3, -0.25) is 9.78 Å². The second kappa shape index (κ2) is 6.74. The minimum absolute atomic E-state index is 0.145. The molecule has 2 heterocycles. The number of anilines is 1. The number of rotatable bonds is 1. The monoisotopic (exact) mass is 344 g/mol. The SMILES string of the molecule is CC(C)(C)OC(=O)N1CCCN(c2nc3ccccc3c(=O)[nH]2)CC1.